The molecule has 2 aromatic rings. The number of rotatable bonds is 6. The molecule has 5 nitrogen and oxygen atoms in total. The molecule has 0 saturated carbocycles. The van der Waals surface area contributed by atoms with Crippen LogP contribution in [-0.4, -0.2) is 26.5 Å². The van der Waals surface area contributed by atoms with Gasteiger partial charge in [0.15, 0.2) is 0 Å². The van der Waals surface area contributed by atoms with Crippen LogP contribution in [0.25, 0.3) is 0 Å². The van der Waals surface area contributed by atoms with Crippen molar-refractivity contribution in [2.24, 2.45) is 0 Å². The molecule has 0 unspecified atom stereocenters. The van der Waals surface area contributed by atoms with Crippen molar-refractivity contribution >= 4 is 11.6 Å². The van der Waals surface area contributed by atoms with Gasteiger partial charge in [0.25, 0.3) is 0 Å². The summed E-state index contributed by atoms with van der Waals surface area (Å²) in [6.45, 7) is 4.48. The highest BCUT2D eigenvalue weighted by molar-refractivity contribution is 6.31. The van der Waals surface area contributed by atoms with Crippen LogP contribution in [0.1, 0.15) is 24.6 Å². The summed E-state index contributed by atoms with van der Waals surface area (Å²) in [5.41, 5.74) is 1.93. The fourth-order valence-corrected chi connectivity index (χ4v) is 1.78. The van der Waals surface area contributed by atoms with Crippen molar-refractivity contribution in [2.45, 2.75) is 26.4 Å². The van der Waals surface area contributed by atoms with Gasteiger partial charge in [-0.3, -0.25) is 4.98 Å². The van der Waals surface area contributed by atoms with Gasteiger partial charge in [0.1, 0.15) is 0 Å². The maximum absolute atomic E-state index is 6.05. The van der Waals surface area contributed by atoms with Gasteiger partial charge in [-0.05, 0) is 24.6 Å². The normalized spacial score (nSPS) is 10.8. The third-order valence-corrected chi connectivity index (χ3v) is 2.85. The number of aromatic nitrogens is 4. The summed E-state index contributed by atoms with van der Waals surface area (Å²) in [4.78, 5) is 3.95. The predicted molar refractivity (Wildman–Crippen MR) is 70.4 cm³/mol. The van der Waals surface area contributed by atoms with Crippen LogP contribution in [0, 0.1) is 0 Å². The Morgan fingerprint density at radius 3 is 3.11 bits per heavy atom. The van der Waals surface area contributed by atoms with E-state index in [4.69, 9.17) is 11.6 Å². The molecular weight excluding hydrogens is 250 g/mol. The molecule has 0 saturated heterocycles. The SMILES string of the molecule is CCCNCc1cn(Cc2ccncc2Cl)nn1. The van der Waals surface area contributed by atoms with Crippen LogP contribution in [0.4, 0.5) is 0 Å². The highest BCUT2D eigenvalue weighted by Crippen LogP contribution is 2.14. The lowest BCUT2D eigenvalue weighted by molar-refractivity contribution is 0.645. The van der Waals surface area contributed by atoms with Crippen molar-refractivity contribution in [3.8, 4) is 0 Å². The molecule has 0 aromatic carbocycles. The van der Waals surface area contributed by atoms with Gasteiger partial charge >= 0.3 is 0 Å². The Morgan fingerprint density at radius 1 is 1.44 bits per heavy atom. The molecule has 0 aliphatic carbocycles. The van der Waals surface area contributed by atoms with Gasteiger partial charge in [0, 0.05) is 18.9 Å². The van der Waals surface area contributed by atoms with Gasteiger partial charge in [0.05, 0.1) is 23.5 Å². The molecule has 6 heteroatoms. The van der Waals surface area contributed by atoms with E-state index in [1.807, 2.05) is 12.3 Å². The molecule has 2 heterocycles. The van der Waals surface area contributed by atoms with Crippen molar-refractivity contribution in [3.05, 3.63) is 40.9 Å². The second kappa shape index (κ2) is 6.47. The maximum atomic E-state index is 6.05. The zero-order valence-corrected chi connectivity index (χ0v) is 11.1. The zero-order chi connectivity index (χ0) is 12.8. The summed E-state index contributed by atoms with van der Waals surface area (Å²) in [6.07, 6.45) is 6.40. The van der Waals surface area contributed by atoms with Crippen molar-refractivity contribution in [1.29, 1.82) is 0 Å². The van der Waals surface area contributed by atoms with Crippen LogP contribution >= 0.6 is 11.6 Å². The smallest absolute Gasteiger partial charge is 0.0964 e. The van der Waals surface area contributed by atoms with Gasteiger partial charge in [-0.2, -0.15) is 0 Å². The lowest BCUT2D eigenvalue weighted by Crippen LogP contribution is -2.13. The quantitative estimate of drug-likeness (QED) is 0.811. The second-order valence-electron chi connectivity index (χ2n) is 4.05. The van der Waals surface area contributed by atoms with Crippen molar-refractivity contribution in [3.63, 3.8) is 0 Å². The fraction of sp³-hybridized carbons (Fsp3) is 0.417. The van der Waals surface area contributed by atoms with E-state index in [2.05, 4.69) is 27.5 Å². The summed E-state index contributed by atoms with van der Waals surface area (Å²) in [7, 11) is 0. The molecule has 2 aromatic heterocycles. The lowest BCUT2D eigenvalue weighted by atomic mass is 10.3. The van der Waals surface area contributed by atoms with Crippen molar-refractivity contribution < 1.29 is 0 Å². The standard InChI is InChI=1S/C12H16ClN5/c1-2-4-14-6-11-9-18(17-16-11)8-10-3-5-15-7-12(10)13/h3,5,7,9,14H,2,4,6,8H2,1H3. The molecule has 0 bridgehead atoms. The monoisotopic (exact) mass is 265 g/mol. The molecular formula is C12H16ClN5. The van der Waals surface area contributed by atoms with E-state index in [9.17, 15) is 0 Å². The van der Waals surface area contributed by atoms with E-state index in [1.54, 1.807) is 17.1 Å². The first-order chi connectivity index (χ1) is 8.79. The Labute approximate surface area is 111 Å². The minimum atomic E-state index is 0.613. The average molecular weight is 266 g/mol. The Hall–Kier alpha value is -1.46. The third-order valence-electron chi connectivity index (χ3n) is 2.51. The van der Waals surface area contributed by atoms with Gasteiger partial charge in [0.2, 0.25) is 0 Å². The molecule has 0 amide bonds. The largest absolute Gasteiger partial charge is 0.311 e. The van der Waals surface area contributed by atoms with Gasteiger partial charge < -0.3 is 5.32 Å². The number of nitrogens with one attached hydrogen (secondary N) is 1. The minimum Gasteiger partial charge on any atom is -0.311 e. The molecule has 0 spiro atoms. The van der Waals surface area contributed by atoms with E-state index < -0.39 is 0 Å². The minimum absolute atomic E-state index is 0.613. The molecule has 0 atom stereocenters. The topological polar surface area (TPSA) is 55.6 Å². The first-order valence-corrected chi connectivity index (χ1v) is 6.35. The van der Waals surface area contributed by atoms with Crippen LogP contribution < -0.4 is 5.32 Å². The number of nitrogens with zero attached hydrogens (tertiary/aromatic N) is 4. The van der Waals surface area contributed by atoms with E-state index in [-0.39, 0.29) is 0 Å². The van der Waals surface area contributed by atoms with Crippen molar-refractivity contribution in [2.75, 3.05) is 6.54 Å². The highest BCUT2D eigenvalue weighted by Gasteiger charge is 2.04. The fourth-order valence-electron chi connectivity index (χ4n) is 1.60. The van der Waals surface area contributed by atoms with E-state index in [0.29, 0.717) is 11.6 Å². The van der Waals surface area contributed by atoms with E-state index >= 15 is 0 Å². The van der Waals surface area contributed by atoms with E-state index in [0.717, 1.165) is 30.8 Å². The van der Waals surface area contributed by atoms with Gasteiger partial charge in [-0.1, -0.05) is 23.7 Å². The lowest BCUT2D eigenvalue weighted by Gasteiger charge is -2.02. The van der Waals surface area contributed by atoms with Crippen LogP contribution in [0.5, 0.6) is 0 Å². The summed E-state index contributed by atoms with van der Waals surface area (Å²) in [5, 5.41) is 12.1. The Kier molecular flexibility index (Phi) is 4.66. The Bertz CT molecular complexity index is 497. The average Bonchev–Trinajstić information content (AvgIpc) is 2.80. The predicted octanol–water partition coefficient (Wildman–Crippen LogP) is 1.87. The number of hydrogen-bond acceptors (Lipinski definition) is 4. The van der Waals surface area contributed by atoms with E-state index in [1.165, 1.54) is 0 Å². The molecule has 0 aliphatic heterocycles. The third kappa shape index (κ3) is 3.51. The molecule has 96 valence electrons. The van der Waals surface area contributed by atoms with Crippen molar-refractivity contribution in [1.82, 2.24) is 25.3 Å². The number of hydrogen-bond donors (Lipinski definition) is 1. The highest BCUT2D eigenvalue weighted by atomic mass is 35.5. The Morgan fingerprint density at radius 2 is 2.33 bits per heavy atom. The number of pyridine rings is 1. The number of halogens is 1. The van der Waals surface area contributed by atoms with Crippen LogP contribution in [-0.2, 0) is 13.1 Å². The summed E-state index contributed by atoms with van der Waals surface area (Å²) >= 11 is 6.05. The molecule has 0 aliphatic rings. The van der Waals surface area contributed by atoms with Gasteiger partial charge in [-0.25, -0.2) is 4.68 Å². The summed E-state index contributed by atoms with van der Waals surface area (Å²) in [6, 6.07) is 1.89. The first-order valence-electron chi connectivity index (χ1n) is 5.97. The van der Waals surface area contributed by atoms with Crippen LogP contribution in [0.3, 0.4) is 0 Å². The summed E-state index contributed by atoms with van der Waals surface area (Å²) in [5.74, 6) is 0. The Balaban J connectivity index is 1.96. The van der Waals surface area contributed by atoms with Crippen LogP contribution in [0.2, 0.25) is 5.02 Å². The zero-order valence-electron chi connectivity index (χ0n) is 10.3. The van der Waals surface area contributed by atoms with Crippen LogP contribution in [0.15, 0.2) is 24.7 Å². The molecule has 18 heavy (non-hydrogen) atoms. The first kappa shape index (κ1) is 13.0. The molecule has 0 radical (unpaired) electrons. The maximum Gasteiger partial charge on any atom is 0.0964 e. The molecule has 2 rings (SSSR count). The molecule has 0 fully saturated rings. The summed E-state index contributed by atoms with van der Waals surface area (Å²) < 4.78 is 1.78. The second-order valence-corrected chi connectivity index (χ2v) is 4.46. The van der Waals surface area contributed by atoms with Gasteiger partial charge in [-0.15, -0.1) is 5.10 Å². The molecule has 1 N–H and O–H groups in total.